The molecule has 0 aliphatic rings. The van der Waals surface area contributed by atoms with Crippen LogP contribution < -0.4 is 15.4 Å². The molecule has 0 spiro atoms. The van der Waals surface area contributed by atoms with Crippen LogP contribution in [-0.2, 0) is 11.2 Å². The molecule has 0 aromatic heterocycles. The number of ether oxygens (including phenoxy) is 1. The summed E-state index contributed by atoms with van der Waals surface area (Å²) < 4.78 is 5.53. The lowest BCUT2D eigenvalue weighted by atomic mass is 10.1. The Hall–Kier alpha value is -2.02. The van der Waals surface area contributed by atoms with Crippen LogP contribution in [0.4, 0.5) is 5.69 Å². The van der Waals surface area contributed by atoms with E-state index in [1.54, 1.807) is 31.2 Å². The molecule has 0 aliphatic heterocycles. The van der Waals surface area contributed by atoms with Gasteiger partial charge in [0.2, 0.25) is 0 Å². The van der Waals surface area contributed by atoms with E-state index in [0.717, 1.165) is 12.0 Å². The zero-order valence-electron chi connectivity index (χ0n) is 14.2. The second-order valence-electron chi connectivity index (χ2n) is 5.48. The van der Waals surface area contributed by atoms with Gasteiger partial charge in [-0.2, -0.15) is 0 Å². The molecule has 2 aromatic carbocycles. The average Bonchev–Trinajstić information content (AvgIpc) is 2.59. The van der Waals surface area contributed by atoms with E-state index in [9.17, 15) is 9.90 Å². The van der Waals surface area contributed by atoms with Crippen molar-refractivity contribution in [3.63, 3.8) is 0 Å². The lowest BCUT2D eigenvalue weighted by molar-refractivity contribution is -0.125. The van der Waals surface area contributed by atoms with Gasteiger partial charge in [0.25, 0.3) is 5.91 Å². The first-order valence-corrected chi connectivity index (χ1v) is 9.02. The number of amides is 1. The minimum absolute atomic E-state index is 0.0380. The van der Waals surface area contributed by atoms with Crippen molar-refractivity contribution in [3.05, 3.63) is 52.0 Å². The van der Waals surface area contributed by atoms with Crippen LogP contribution >= 0.6 is 35.4 Å². The number of thiocarbonyl (C=S) groups is 1. The van der Waals surface area contributed by atoms with Gasteiger partial charge in [0.15, 0.2) is 11.2 Å². The van der Waals surface area contributed by atoms with Crippen molar-refractivity contribution in [2.45, 2.75) is 26.4 Å². The van der Waals surface area contributed by atoms with Gasteiger partial charge in [0.05, 0.1) is 10.7 Å². The molecule has 138 valence electrons. The van der Waals surface area contributed by atoms with Gasteiger partial charge < -0.3 is 15.2 Å². The predicted molar refractivity (Wildman–Crippen MR) is 108 cm³/mol. The molecule has 1 amide bonds. The van der Waals surface area contributed by atoms with Crippen LogP contribution in [0.25, 0.3) is 0 Å². The number of aromatic hydroxyl groups is 1. The molecular weight excluding hydrogens is 395 g/mol. The number of rotatable bonds is 5. The molecule has 2 rings (SSSR count). The standard InChI is InChI=1S/C18H18Cl2N2O3S/c1-3-11-4-6-15(23)14(8-11)21-18(26)22-17(24)10(2)25-16-7-5-12(19)9-13(16)20/h4-10,23H,3H2,1-2H3,(H2,21,22,24,26). The number of anilines is 1. The molecule has 0 saturated heterocycles. The lowest BCUT2D eigenvalue weighted by Crippen LogP contribution is -2.42. The molecule has 2 aromatic rings. The van der Waals surface area contributed by atoms with Crippen LogP contribution in [0.1, 0.15) is 19.4 Å². The van der Waals surface area contributed by atoms with Crippen LogP contribution in [0.3, 0.4) is 0 Å². The Morgan fingerprint density at radius 2 is 2.00 bits per heavy atom. The molecule has 3 N–H and O–H groups in total. The normalized spacial score (nSPS) is 11.5. The molecule has 0 aliphatic carbocycles. The van der Waals surface area contributed by atoms with Gasteiger partial charge in [-0.25, -0.2) is 0 Å². The maximum atomic E-state index is 12.2. The third-order valence-corrected chi connectivity index (χ3v) is 4.26. The summed E-state index contributed by atoms with van der Waals surface area (Å²) >= 11 is 17.0. The molecule has 26 heavy (non-hydrogen) atoms. The first-order chi connectivity index (χ1) is 12.3. The summed E-state index contributed by atoms with van der Waals surface area (Å²) in [5.74, 6) is -0.0819. The van der Waals surface area contributed by atoms with Crippen LogP contribution in [0.2, 0.25) is 10.0 Å². The second kappa shape index (κ2) is 9.07. The van der Waals surface area contributed by atoms with E-state index >= 15 is 0 Å². The number of phenolic OH excluding ortho intramolecular Hbond substituents is 1. The van der Waals surface area contributed by atoms with Crippen molar-refractivity contribution in [3.8, 4) is 11.5 Å². The van der Waals surface area contributed by atoms with Gasteiger partial charge >= 0.3 is 0 Å². The Morgan fingerprint density at radius 3 is 2.65 bits per heavy atom. The number of hydrogen-bond donors (Lipinski definition) is 3. The smallest absolute Gasteiger partial charge is 0.266 e. The van der Waals surface area contributed by atoms with Crippen molar-refractivity contribution in [1.82, 2.24) is 5.32 Å². The molecule has 0 saturated carbocycles. The Morgan fingerprint density at radius 1 is 1.27 bits per heavy atom. The largest absolute Gasteiger partial charge is 0.506 e. The fraction of sp³-hybridized carbons (Fsp3) is 0.222. The van der Waals surface area contributed by atoms with E-state index in [2.05, 4.69) is 10.6 Å². The van der Waals surface area contributed by atoms with Gasteiger partial charge in [0, 0.05) is 5.02 Å². The topological polar surface area (TPSA) is 70.6 Å². The fourth-order valence-corrected chi connectivity index (χ4v) is 2.75. The molecule has 0 fully saturated rings. The van der Waals surface area contributed by atoms with Crippen molar-refractivity contribution in [2.24, 2.45) is 0 Å². The van der Waals surface area contributed by atoms with Crippen molar-refractivity contribution < 1.29 is 14.6 Å². The number of carbonyl (C=O) groups excluding carboxylic acids is 1. The predicted octanol–water partition coefficient (Wildman–Crippen LogP) is 4.54. The third kappa shape index (κ3) is 5.49. The van der Waals surface area contributed by atoms with Gasteiger partial charge in [0.1, 0.15) is 11.5 Å². The number of carbonyl (C=O) groups is 1. The third-order valence-electron chi connectivity index (χ3n) is 3.52. The Balaban J connectivity index is 1.97. The summed E-state index contributed by atoms with van der Waals surface area (Å²) in [7, 11) is 0. The Bertz CT molecular complexity index is 830. The average molecular weight is 413 g/mol. The van der Waals surface area contributed by atoms with E-state index in [1.165, 1.54) is 6.07 Å². The maximum absolute atomic E-state index is 12.2. The zero-order valence-corrected chi connectivity index (χ0v) is 16.5. The van der Waals surface area contributed by atoms with E-state index in [1.807, 2.05) is 13.0 Å². The lowest BCUT2D eigenvalue weighted by Gasteiger charge is -2.17. The van der Waals surface area contributed by atoms with Gasteiger partial charge in [-0.3, -0.25) is 10.1 Å². The number of hydrogen-bond acceptors (Lipinski definition) is 4. The highest BCUT2D eigenvalue weighted by Gasteiger charge is 2.18. The summed E-state index contributed by atoms with van der Waals surface area (Å²) in [4.78, 5) is 12.2. The van der Waals surface area contributed by atoms with Crippen LogP contribution in [0.5, 0.6) is 11.5 Å². The Kier molecular flexibility index (Phi) is 7.08. The van der Waals surface area contributed by atoms with E-state index in [-0.39, 0.29) is 10.9 Å². The quantitative estimate of drug-likeness (QED) is 0.496. The monoisotopic (exact) mass is 412 g/mol. The van der Waals surface area contributed by atoms with E-state index < -0.39 is 12.0 Å². The molecule has 0 radical (unpaired) electrons. The molecule has 0 heterocycles. The SMILES string of the molecule is CCc1ccc(O)c(NC(=S)NC(=O)C(C)Oc2ccc(Cl)cc2Cl)c1. The van der Waals surface area contributed by atoms with Gasteiger partial charge in [-0.1, -0.05) is 36.2 Å². The Labute approximate surface area is 167 Å². The highest BCUT2D eigenvalue weighted by molar-refractivity contribution is 7.80. The fourth-order valence-electron chi connectivity index (χ4n) is 2.09. The van der Waals surface area contributed by atoms with Gasteiger partial charge in [-0.05, 0) is 61.5 Å². The van der Waals surface area contributed by atoms with Crippen molar-refractivity contribution in [1.29, 1.82) is 0 Å². The molecule has 5 nitrogen and oxygen atoms in total. The number of nitrogens with one attached hydrogen (secondary N) is 2. The molecule has 1 atom stereocenters. The van der Waals surface area contributed by atoms with Crippen molar-refractivity contribution in [2.75, 3.05) is 5.32 Å². The molecule has 8 heteroatoms. The number of benzene rings is 2. The highest BCUT2D eigenvalue weighted by atomic mass is 35.5. The summed E-state index contributed by atoms with van der Waals surface area (Å²) in [6.07, 6.45) is -0.0372. The maximum Gasteiger partial charge on any atom is 0.266 e. The number of aryl methyl sites for hydroxylation is 1. The molecule has 1 unspecified atom stereocenters. The summed E-state index contributed by atoms with van der Waals surface area (Å²) in [5, 5.41) is 16.0. The summed E-state index contributed by atoms with van der Waals surface area (Å²) in [6.45, 7) is 3.56. The zero-order chi connectivity index (χ0) is 19.3. The van der Waals surface area contributed by atoms with Crippen LogP contribution in [-0.4, -0.2) is 22.2 Å². The minimum atomic E-state index is -0.844. The summed E-state index contributed by atoms with van der Waals surface area (Å²) in [6, 6.07) is 9.87. The number of halogens is 2. The van der Waals surface area contributed by atoms with Crippen LogP contribution in [0.15, 0.2) is 36.4 Å². The summed E-state index contributed by atoms with van der Waals surface area (Å²) in [5.41, 5.74) is 1.44. The van der Waals surface area contributed by atoms with E-state index in [0.29, 0.717) is 21.5 Å². The number of phenols is 1. The van der Waals surface area contributed by atoms with Crippen LogP contribution in [0, 0.1) is 0 Å². The first kappa shape index (κ1) is 20.3. The van der Waals surface area contributed by atoms with Gasteiger partial charge in [-0.15, -0.1) is 0 Å². The van der Waals surface area contributed by atoms with E-state index in [4.69, 9.17) is 40.2 Å². The molecular formula is C18H18Cl2N2O3S. The molecule has 0 bridgehead atoms. The highest BCUT2D eigenvalue weighted by Crippen LogP contribution is 2.28. The second-order valence-corrected chi connectivity index (χ2v) is 6.74. The first-order valence-electron chi connectivity index (χ1n) is 7.85. The van der Waals surface area contributed by atoms with Crippen molar-refractivity contribution >= 4 is 52.1 Å². The minimum Gasteiger partial charge on any atom is -0.506 e.